The number of benzene rings is 1. The van der Waals surface area contributed by atoms with Gasteiger partial charge in [-0.3, -0.25) is 0 Å². The van der Waals surface area contributed by atoms with Crippen LogP contribution in [0.2, 0.25) is 0 Å². The number of rotatable bonds is 4. The Kier molecular flexibility index (Phi) is 4.11. The molecule has 20 heavy (non-hydrogen) atoms. The summed E-state index contributed by atoms with van der Waals surface area (Å²) in [5.74, 6) is 0.455. The summed E-state index contributed by atoms with van der Waals surface area (Å²) in [5, 5.41) is 12.0. The van der Waals surface area contributed by atoms with Crippen LogP contribution in [0.3, 0.4) is 0 Å². The molecule has 2 aromatic rings. The summed E-state index contributed by atoms with van der Waals surface area (Å²) < 4.78 is 18.8. The van der Waals surface area contributed by atoms with Crippen molar-refractivity contribution in [2.45, 2.75) is 6.92 Å². The first-order valence-electron chi connectivity index (χ1n) is 6.03. The lowest BCUT2D eigenvalue weighted by Gasteiger charge is -2.12. The minimum atomic E-state index is -0.496. The Morgan fingerprint density at radius 3 is 2.80 bits per heavy atom. The topological polar surface area (TPSA) is 70.8 Å². The molecular weight excluding hydrogens is 259 g/mol. The summed E-state index contributed by atoms with van der Waals surface area (Å²) in [6, 6.07) is 5.95. The predicted molar refractivity (Wildman–Crippen MR) is 72.9 cm³/mol. The van der Waals surface area contributed by atoms with Gasteiger partial charge in [-0.05, 0) is 25.1 Å². The van der Waals surface area contributed by atoms with Crippen LogP contribution in [0, 0.1) is 17.1 Å². The molecule has 1 aromatic heterocycles. The minimum Gasteiger partial charge on any atom is -0.491 e. The summed E-state index contributed by atoms with van der Waals surface area (Å²) in [5.41, 5.74) is 1.14. The van der Waals surface area contributed by atoms with Gasteiger partial charge in [0.15, 0.2) is 11.6 Å². The third-order valence-electron chi connectivity index (χ3n) is 2.65. The second-order valence-corrected chi connectivity index (χ2v) is 3.97. The smallest absolute Gasteiger partial charge is 0.187 e. The van der Waals surface area contributed by atoms with Gasteiger partial charge in [0.05, 0.1) is 18.7 Å². The Bertz CT molecular complexity index is 667. The number of ether oxygens (including phenoxy) is 1. The molecule has 1 heterocycles. The summed E-state index contributed by atoms with van der Waals surface area (Å²) in [6.07, 6.45) is 1.37. The number of aromatic nitrogens is 2. The molecule has 0 aliphatic carbocycles. The molecule has 0 saturated heterocycles. The molecule has 0 radical (unpaired) electrons. The number of nitrogens with zero attached hydrogens (tertiary/aromatic N) is 3. The first-order chi connectivity index (χ1) is 9.69. The summed E-state index contributed by atoms with van der Waals surface area (Å²) in [7, 11) is 1.49. The molecule has 0 saturated carbocycles. The van der Waals surface area contributed by atoms with Gasteiger partial charge in [0.1, 0.15) is 17.8 Å². The number of hydrogen-bond donors (Lipinski definition) is 1. The maximum absolute atomic E-state index is 13.5. The van der Waals surface area contributed by atoms with Gasteiger partial charge in [-0.25, -0.2) is 14.4 Å². The summed E-state index contributed by atoms with van der Waals surface area (Å²) >= 11 is 0. The summed E-state index contributed by atoms with van der Waals surface area (Å²) in [6.45, 7) is 2.59. The van der Waals surface area contributed by atoms with Crippen molar-refractivity contribution in [3.05, 3.63) is 35.9 Å². The van der Waals surface area contributed by atoms with Crippen molar-refractivity contribution < 1.29 is 9.13 Å². The molecule has 0 unspecified atom stereocenters. The fourth-order valence-electron chi connectivity index (χ4n) is 1.86. The molecule has 0 fully saturated rings. The third-order valence-corrected chi connectivity index (χ3v) is 2.65. The van der Waals surface area contributed by atoms with E-state index in [1.165, 1.54) is 25.6 Å². The van der Waals surface area contributed by atoms with E-state index in [4.69, 9.17) is 10.00 Å². The number of nitrogens with one attached hydrogen (secondary N) is 1. The van der Waals surface area contributed by atoms with Crippen LogP contribution in [0.15, 0.2) is 24.5 Å². The molecule has 0 spiro atoms. The van der Waals surface area contributed by atoms with E-state index in [1.807, 2.05) is 13.0 Å². The average molecular weight is 272 g/mol. The standard InChI is InChI=1S/C14H13FN4O/c1-3-17-14-13(20-2)12(18-8-19-14)10-4-9(7-16)5-11(15)6-10/h4-6,8H,3H2,1-2H3,(H,17,18,19). The number of methoxy groups -OCH3 is 1. The molecule has 0 bridgehead atoms. The highest BCUT2D eigenvalue weighted by atomic mass is 19.1. The third kappa shape index (κ3) is 2.67. The second kappa shape index (κ2) is 5.97. The van der Waals surface area contributed by atoms with Crippen LogP contribution in [0.5, 0.6) is 5.75 Å². The van der Waals surface area contributed by atoms with Crippen molar-refractivity contribution >= 4 is 5.82 Å². The lowest BCUT2D eigenvalue weighted by Crippen LogP contribution is -2.04. The van der Waals surface area contributed by atoms with Gasteiger partial charge in [0, 0.05) is 12.1 Å². The van der Waals surface area contributed by atoms with E-state index in [0.29, 0.717) is 29.4 Å². The van der Waals surface area contributed by atoms with E-state index in [1.54, 1.807) is 6.07 Å². The van der Waals surface area contributed by atoms with Crippen LogP contribution in [-0.2, 0) is 0 Å². The van der Waals surface area contributed by atoms with Gasteiger partial charge < -0.3 is 10.1 Å². The predicted octanol–water partition coefficient (Wildman–Crippen LogP) is 2.59. The van der Waals surface area contributed by atoms with Crippen LogP contribution < -0.4 is 10.1 Å². The quantitative estimate of drug-likeness (QED) is 0.926. The molecular formula is C14H13FN4O. The molecule has 1 aromatic carbocycles. The van der Waals surface area contributed by atoms with Crippen molar-refractivity contribution in [3.63, 3.8) is 0 Å². The van der Waals surface area contributed by atoms with Crippen LogP contribution >= 0.6 is 0 Å². The lowest BCUT2D eigenvalue weighted by molar-refractivity contribution is 0.414. The van der Waals surface area contributed by atoms with Gasteiger partial charge in [-0.2, -0.15) is 5.26 Å². The maximum atomic E-state index is 13.5. The molecule has 6 heteroatoms. The van der Waals surface area contributed by atoms with Gasteiger partial charge in [0.25, 0.3) is 0 Å². The highest BCUT2D eigenvalue weighted by Gasteiger charge is 2.14. The summed E-state index contributed by atoms with van der Waals surface area (Å²) in [4.78, 5) is 8.21. The van der Waals surface area contributed by atoms with E-state index in [2.05, 4.69) is 15.3 Å². The maximum Gasteiger partial charge on any atom is 0.187 e. The van der Waals surface area contributed by atoms with E-state index < -0.39 is 5.82 Å². The number of halogens is 1. The fourth-order valence-corrected chi connectivity index (χ4v) is 1.86. The van der Waals surface area contributed by atoms with Crippen molar-refractivity contribution in [1.82, 2.24) is 9.97 Å². The van der Waals surface area contributed by atoms with Gasteiger partial charge >= 0.3 is 0 Å². The van der Waals surface area contributed by atoms with E-state index in [9.17, 15) is 4.39 Å². The van der Waals surface area contributed by atoms with E-state index in [0.717, 1.165) is 0 Å². The zero-order valence-corrected chi connectivity index (χ0v) is 11.1. The SMILES string of the molecule is CCNc1ncnc(-c2cc(F)cc(C#N)c2)c1OC. The van der Waals surface area contributed by atoms with Crippen LogP contribution in [0.4, 0.5) is 10.2 Å². The highest BCUT2D eigenvalue weighted by Crippen LogP contribution is 2.33. The van der Waals surface area contributed by atoms with Crippen molar-refractivity contribution in [1.29, 1.82) is 5.26 Å². The normalized spacial score (nSPS) is 9.90. The largest absolute Gasteiger partial charge is 0.491 e. The molecule has 2 rings (SSSR count). The Hall–Kier alpha value is -2.68. The molecule has 0 aliphatic heterocycles. The zero-order chi connectivity index (χ0) is 14.5. The molecule has 1 N–H and O–H groups in total. The molecule has 0 amide bonds. The lowest BCUT2D eigenvalue weighted by atomic mass is 10.1. The van der Waals surface area contributed by atoms with Crippen LogP contribution in [-0.4, -0.2) is 23.6 Å². The zero-order valence-electron chi connectivity index (χ0n) is 11.1. The first kappa shape index (κ1) is 13.7. The Morgan fingerprint density at radius 1 is 1.35 bits per heavy atom. The van der Waals surface area contributed by atoms with E-state index in [-0.39, 0.29) is 5.56 Å². The van der Waals surface area contributed by atoms with Crippen molar-refractivity contribution in [2.75, 3.05) is 19.0 Å². The molecule has 0 atom stereocenters. The first-order valence-corrected chi connectivity index (χ1v) is 6.03. The number of hydrogen-bond acceptors (Lipinski definition) is 5. The van der Waals surface area contributed by atoms with Gasteiger partial charge in [-0.15, -0.1) is 0 Å². The fraction of sp³-hybridized carbons (Fsp3) is 0.214. The monoisotopic (exact) mass is 272 g/mol. The molecule has 102 valence electrons. The Morgan fingerprint density at radius 2 is 2.15 bits per heavy atom. The Balaban J connectivity index is 2.60. The van der Waals surface area contributed by atoms with Crippen molar-refractivity contribution in [2.24, 2.45) is 0 Å². The van der Waals surface area contributed by atoms with Gasteiger partial charge in [0.2, 0.25) is 0 Å². The Labute approximate surface area is 116 Å². The highest BCUT2D eigenvalue weighted by molar-refractivity contribution is 5.73. The molecule has 5 nitrogen and oxygen atoms in total. The number of anilines is 1. The molecule has 0 aliphatic rings. The minimum absolute atomic E-state index is 0.227. The average Bonchev–Trinajstić information content (AvgIpc) is 2.46. The van der Waals surface area contributed by atoms with Crippen molar-refractivity contribution in [3.8, 4) is 23.1 Å². The second-order valence-electron chi connectivity index (χ2n) is 3.97. The van der Waals surface area contributed by atoms with E-state index >= 15 is 0 Å². The van der Waals surface area contributed by atoms with Crippen LogP contribution in [0.1, 0.15) is 12.5 Å². The van der Waals surface area contributed by atoms with Gasteiger partial charge in [-0.1, -0.05) is 0 Å². The number of nitriles is 1. The van der Waals surface area contributed by atoms with Crippen LogP contribution in [0.25, 0.3) is 11.3 Å².